The van der Waals surface area contributed by atoms with Gasteiger partial charge in [0, 0.05) is 5.54 Å². The largest absolute Gasteiger partial charge is 0.391 e. The lowest BCUT2D eigenvalue weighted by atomic mass is 9.68. The van der Waals surface area contributed by atoms with Crippen molar-refractivity contribution < 1.29 is 5.11 Å². The van der Waals surface area contributed by atoms with Gasteiger partial charge in [-0.15, -0.1) is 0 Å². The first kappa shape index (κ1) is 13.0. The van der Waals surface area contributed by atoms with Crippen molar-refractivity contribution in [2.24, 2.45) is 5.41 Å². The van der Waals surface area contributed by atoms with E-state index in [0.717, 1.165) is 12.8 Å². The average molecular weight is 213 g/mol. The van der Waals surface area contributed by atoms with Crippen molar-refractivity contribution >= 4 is 0 Å². The summed E-state index contributed by atoms with van der Waals surface area (Å²) in [5.41, 5.74) is -0.0158. The molecule has 1 aliphatic rings. The number of rotatable bonds is 2. The van der Waals surface area contributed by atoms with Crippen LogP contribution in [0.5, 0.6) is 0 Å². The highest BCUT2D eigenvalue weighted by molar-refractivity contribution is 5.00. The van der Waals surface area contributed by atoms with E-state index >= 15 is 0 Å². The summed E-state index contributed by atoms with van der Waals surface area (Å²) in [6, 6.07) is 0. The van der Waals surface area contributed by atoms with Gasteiger partial charge in [-0.1, -0.05) is 40.0 Å². The number of hydrogen-bond donors (Lipinski definition) is 1. The number of likely N-dealkylation sites (N-methyl/N-ethyl adjacent to an activating group) is 1. The lowest BCUT2D eigenvalue weighted by Gasteiger charge is -2.50. The van der Waals surface area contributed by atoms with E-state index in [9.17, 15) is 5.11 Å². The highest BCUT2D eigenvalue weighted by Crippen LogP contribution is 2.41. The van der Waals surface area contributed by atoms with Gasteiger partial charge in [-0.3, -0.25) is 0 Å². The summed E-state index contributed by atoms with van der Waals surface area (Å²) in [7, 11) is 4.22. The van der Waals surface area contributed by atoms with E-state index in [-0.39, 0.29) is 17.1 Å². The molecule has 1 saturated carbocycles. The summed E-state index contributed by atoms with van der Waals surface area (Å²) in [5, 5.41) is 10.6. The maximum Gasteiger partial charge on any atom is 0.0771 e. The predicted octanol–water partition coefficient (Wildman–Crippen LogP) is 2.66. The van der Waals surface area contributed by atoms with E-state index in [1.165, 1.54) is 19.3 Å². The van der Waals surface area contributed by atoms with Crippen molar-refractivity contribution in [2.75, 3.05) is 14.1 Å². The third-order valence-electron chi connectivity index (χ3n) is 3.94. The van der Waals surface area contributed by atoms with Gasteiger partial charge in [-0.2, -0.15) is 0 Å². The molecule has 1 atom stereocenters. The Morgan fingerprint density at radius 1 is 1.07 bits per heavy atom. The summed E-state index contributed by atoms with van der Waals surface area (Å²) in [5.74, 6) is 0. The molecule has 0 aromatic heterocycles. The van der Waals surface area contributed by atoms with E-state index in [1.807, 2.05) is 0 Å². The Bertz CT molecular complexity index is 199. The highest BCUT2D eigenvalue weighted by Gasteiger charge is 2.45. The SMILES string of the molecule is CN(C)C1(C(O)C(C)(C)C)CCCCC1. The van der Waals surface area contributed by atoms with Gasteiger partial charge >= 0.3 is 0 Å². The number of aliphatic hydroxyl groups excluding tert-OH is 1. The van der Waals surface area contributed by atoms with Crippen LogP contribution in [0.2, 0.25) is 0 Å². The monoisotopic (exact) mass is 213 g/mol. The number of nitrogens with zero attached hydrogens (tertiary/aromatic N) is 1. The van der Waals surface area contributed by atoms with Crippen LogP contribution >= 0.6 is 0 Å². The fourth-order valence-corrected chi connectivity index (χ4v) is 2.94. The molecule has 0 amide bonds. The molecular formula is C13H27NO. The van der Waals surface area contributed by atoms with Crippen LogP contribution in [-0.4, -0.2) is 35.7 Å². The number of aliphatic hydroxyl groups is 1. The van der Waals surface area contributed by atoms with Gasteiger partial charge in [-0.05, 0) is 32.4 Å². The van der Waals surface area contributed by atoms with Crippen LogP contribution in [0, 0.1) is 5.41 Å². The third-order valence-corrected chi connectivity index (χ3v) is 3.94. The minimum Gasteiger partial charge on any atom is -0.391 e. The molecule has 1 N–H and O–H groups in total. The van der Waals surface area contributed by atoms with E-state index in [4.69, 9.17) is 0 Å². The molecule has 1 aliphatic carbocycles. The van der Waals surface area contributed by atoms with E-state index < -0.39 is 0 Å². The fourth-order valence-electron chi connectivity index (χ4n) is 2.94. The lowest BCUT2D eigenvalue weighted by Crippen LogP contribution is -2.59. The van der Waals surface area contributed by atoms with Crippen LogP contribution in [0.1, 0.15) is 52.9 Å². The molecule has 90 valence electrons. The molecule has 1 unspecified atom stereocenters. The van der Waals surface area contributed by atoms with Gasteiger partial charge in [0.1, 0.15) is 0 Å². The Labute approximate surface area is 94.7 Å². The summed E-state index contributed by atoms with van der Waals surface area (Å²) in [6.07, 6.45) is 5.88. The third kappa shape index (κ3) is 2.54. The maximum atomic E-state index is 10.6. The Kier molecular flexibility index (Phi) is 3.83. The first-order valence-electron chi connectivity index (χ1n) is 6.16. The van der Waals surface area contributed by atoms with Gasteiger partial charge in [-0.25, -0.2) is 0 Å². The van der Waals surface area contributed by atoms with E-state index in [2.05, 4.69) is 39.8 Å². The zero-order chi connectivity index (χ0) is 11.7. The predicted molar refractivity (Wildman–Crippen MR) is 65.0 cm³/mol. The van der Waals surface area contributed by atoms with Crippen LogP contribution in [-0.2, 0) is 0 Å². The van der Waals surface area contributed by atoms with Gasteiger partial charge in [0.05, 0.1) is 6.10 Å². The smallest absolute Gasteiger partial charge is 0.0771 e. The Morgan fingerprint density at radius 2 is 1.53 bits per heavy atom. The average Bonchev–Trinajstić information content (AvgIpc) is 2.16. The molecule has 0 radical (unpaired) electrons. The normalized spacial score (nSPS) is 24.2. The Morgan fingerprint density at radius 3 is 1.87 bits per heavy atom. The van der Waals surface area contributed by atoms with Gasteiger partial charge in [0.25, 0.3) is 0 Å². The first-order valence-corrected chi connectivity index (χ1v) is 6.16. The second-order valence-corrected chi connectivity index (χ2v) is 6.33. The quantitative estimate of drug-likeness (QED) is 0.762. The van der Waals surface area contributed by atoms with Crippen molar-refractivity contribution in [1.29, 1.82) is 0 Å². The standard InChI is InChI=1S/C13H27NO/c1-12(2,3)11(15)13(14(4)5)9-7-6-8-10-13/h11,15H,6-10H2,1-5H3. The molecule has 2 heteroatoms. The molecule has 0 aromatic rings. The minimum atomic E-state index is -0.236. The van der Waals surface area contributed by atoms with Crippen molar-refractivity contribution in [2.45, 2.75) is 64.5 Å². The topological polar surface area (TPSA) is 23.5 Å². The van der Waals surface area contributed by atoms with Crippen LogP contribution in [0.4, 0.5) is 0 Å². The van der Waals surface area contributed by atoms with Gasteiger partial charge in [0.15, 0.2) is 0 Å². The summed E-state index contributed by atoms with van der Waals surface area (Å²) < 4.78 is 0. The molecule has 0 aliphatic heterocycles. The molecule has 15 heavy (non-hydrogen) atoms. The Balaban J connectivity index is 2.90. The molecular weight excluding hydrogens is 186 g/mol. The van der Waals surface area contributed by atoms with Crippen molar-refractivity contribution in [1.82, 2.24) is 4.90 Å². The van der Waals surface area contributed by atoms with E-state index in [1.54, 1.807) is 0 Å². The molecule has 0 bridgehead atoms. The molecule has 1 fully saturated rings. The van der Waals surface area contributed by atoms with Gasteiger partial charge in [0.2, 0.25) is 0 Å². The van der Waals surface area contributed by atoms with E-state index in [0.29, 0.717) is 0 Å². The number of hydrogen-bond acceptors (Lipinski definition) is 2. The molecule has 0 spiro atoms. The molecule has 1 rings (SSSR count). The molecule has 0 aromatic carbocycles. The zero-order valence-corrected chi connectivity index (χ0v) is 11.0. The van der Waals surface area contributed by atoms with Crippen molar-refractivity contribution in [3.8, 4) is 0 Å². The molecule has 0 heterocycles. The van der Waals surface area contributed by atoms with Crippen molar-refractivity contribution in [3.63, 3.8) is 0 Å². The van der Waals surface area contributed by atoms with Crippen molar-refractivity contribution in [3.05, 3.63) is 0 Å². The summed E-state index contributed by atoms with van der Waals surface area (Å²) >= 11 is 0. The van der Waals surface area contributed by atoms with Crippen LogP contribution in [0.3, 0.4) is 0 Å². The first-order chi connectivity index (χ1) is 6.81. The Hall–Kier alpha value is -0.0800. The van der Waals surface area contributed by atoms with Crippen LogP contribution < -0.4 is 0 Å². The summed E-state index contributed by atoms with van der Waals surface area (Å²) in [6.45, 7) is 6.41. The highest BCUT2D eigenvalue weighted by atomic mass is 16.3. The second kappa shape index (κ2) is 4.42. The van der Waals surface area contributed by atoms with Crippen LogP contribution in [0.25, 0.3) is 0 Å². The lowest BCUT2D eigenvalue weighted by molar-refractivity contribution is -0.0850. The second-order valence-electron chi connectivity index (χ2n) is 6.33. The van der Waals surface area contributed by atoms with Gasteiger partial charge < -0.3 is 10.0 Å². The zero-order valence-electron chi connectivity index (χ0n) is 11.0. The fraction of sp³-hybridized carbons (Fsp3) is 1.00. The minimum absolute atomic E-state index is 0.0104. The molecule has 2 nitrogen and oxygen atoms in total. The van der Waals surface area contributed by atoms with Crippen LogP contribution in [0.15, 0.2) is 0 Å². The molecule has 0 saturated heterocycles. The summed E-state index contributed by atoms with van der Waals surface area (Å²) in [4.78, 5) is 2.25. The maximum absolute atomic E-state index is 10.6.